The van der Waals surface area contributed by atoms with Gasteiger partial charge >= 0.3 is 83.6 Å². The lowest BCUT2D eigenvalue weighted by Gasteiger charge is -2.30. The number of benzene rings is 2. The highest BCUT2D eigenvalue weighted by atomic mass is 16.6. The SMILES string of the molecule is C=CC(=O)OC1CCCC(OC(=O)C=C)C1.C=CC(=O)OC1CCCCC1OC(=O)C=C.C=CC(=O)OCC1CCC(COC(=O)C=C)CC1.C=CC(=O)OCC1CCCC(COC(=O)C=C)C1.C=CC(=O)OCC1CCCCC1COC(=O)C=C.C=CC(=O)OCc1ccc(COC(=O)C=C)cc1.C=CC(=O)OCc1cccc(COC(=O)C=C)c1. The lowest BCUT2D eigenvalue weighted by molar-refractivity contribution is -0.165. The van der Waals surface area contributed by atoms with E-state index in [9.17, 15) is 67.1 Å². The topological polar surface area (TPSA) is 368 Å². The normalized spacial score (nSPS) is 19.2. The Morgan fingerprint density at radius 1 is 0.238 bits per heavy atom. The molecule has 8 unspecified atom stereocenters. The smallest absolute Gasteiger partial charge is 0.330 e. The molecule has 0 heterocycles. The van der Waals surface area contributed by atoms with Crippen LogP contribution in [-0.2, 0) is 160 Å². The number of carbonyl (C=O) groups is 14. The lowest BCUT2D eigenvalue weighted by Crippen LogP contribution is -2.37. The number of ether oxygens (including phenoxy) is 14. The zero-order valence-electron chi connectivity index (χ0n) is 70.0. The molecule has 28 heteroatoms. The van der Waals surface area contributed by atoms with Gasteiger partial charge in [-0.3, -0.25) is 0 Å². The van der Waals surface area contributed by atoms with E-state index in [1.54, 1.807) is 36.4 Å². The van der Waals surface area contributed by atoms with Gasteiger partial charge in [0.05, 0.1) is 39.6 Å². The fourth-order valence-corrected chi connectivity index (χ4v) is 12.4. The predicted octanol–water partition coefficient (Wildman–Crippen LogP) is 14.6. The van der Waals surface area contributed by atoms with Gasteiger partial charge in [0.15, 0.2) is 0 Å². The molecule has 7 rings (SSSR count). The summed E-state index contributed by atoms with van der Waals surface area (Å²) < 4.78 is 70.3. The molecule has 0 bridgehead atoms. The van der Waals surface area contributed by atoms with Crippen LogP contribution in [0.5, 0.6) is 0 Å². The van der Waals surface area contributed by atoms with Crippen molar-refractivity contribution < 1.29 is 133 Å². The summed E-state index contributed by atoms with van der Waals surface area (Å²) in [7, 11) is 0. The minimum atomic E-state index is -0.480. The number of esters is 14. The van der Waals surface area contributed by atoms with Gasteiger partial charge in [0.2, 0.25) is 0 Å². The second kappa shape index (κ2) is 66.2. The summed E-state index contributed by atoms with van der Waals surface area (Å²) in [6, 6.07) is 14.4. The third kappa shape index (κ3) is 51.7. The molecule has 0 aliphatic heterocycles. The fourth-order valence-electron chi connectivity index (χ4n) is 12.4. The van der Waals surface area contributed by atoms with E-state index < -0.39 is 59.7 Å². The van der Waals surface area contributed by atoms with Gasteiger partial charge in [-0.25, -0.2) is 67.1 Å². The van der Waals surface area contributed by atoms with E-state index in [2.05, 4.69) is 92.1 Å². The highest BCUT2D eigenvalue weighted by molar-refractivity contribution is 5.86. The standard InChI is InChI=1S/C14H20O4.C14H14O4.C14H20O4.C14H14O4.C14H20O4.2C12H16O4/c2*1-3-13(15)17-9-11-5-7-12(8-6-11)10-18-14(16)4-2;2*1-3-13(15)17-9-11-6-5-7-12(8-11)10-18-14(16)4-2;1-3-13(15)17-9-11-7-5-6-8-12(11)10-18-14(16)4-2;1-3-11(13)15-9-6-5-7-10(8-9)16-12(14)4-2;1-3-11(13)15-9-7-5-6-8-10(9)16-12(14)4-2/h3-4,11-12H,1-2,5-10H2;3-8H,1-2,9-10H2;3-4,11-12H,1-2,5-10H2;3-8H,1-2,9-10H2;3-4,11-12H,1-2,5-10H2;2*3-4,9-10H,1-2,5-8H2. The fraction of sp³-hybridized carbons (Fsp3) is 0.426. The van der Waals surface area contributed by atoms with Gasteiger partial charge in [-0.2, -0.15) is 0 Å². The molecule has 5 saturated carbocycles. The first-order valence-corrected chi connectivity index (χ1v) is 40.0. The molecule has 5 aliphatic carbocycles. The average Bonchev–Trinajstić information content (AvgIpc) is 0.853. The van der Waals surface area contributed by atoms with Crippen LogP contribution >= 0.6 is 0 Å². The molecule has 0 amide bonds. The van der Waals surface area contributed by atoms with Crippen molar-refractivity contribution in [3.05, 3.63) is 248 Å². The van der Waals surface area contributed by atoms with Crippen LogP contribution in [0.15, 0.2) is 226 Å². The number of hydrogen-bond donors (Lipinski definition) is 0. The van der Waals surface area contributed by atoms with E-state index in [1.807, 2.05) is 12.1 Å². The summed E-state index contributed by atoms with van der Waals surface area (Å²) in [5.41, 5.74) is 3.34. The maximum atomic E-state index is 11.1. The first-order valence-electron chi connectivity index (χ1n) is 40.0. The second-order valence-corrected chi connectivity index (χ2v) is 27.8. The summed E-state index contributed by atoms with van der Waals surface area (Å²) in [6.45, 7) is 49.9. The van der Waals surface area contributed by atoms with Gasteiger partial charge in [-0.1, -0.05) is 154 Å². The Bertz CT molecular complexity index is 3580. The molecule has 0 saturated heterocycles. The van der Waals surface area contributed by atoms with Gasteiger partial charge in [0.25, 0.3) is 0 Å². The molecule has 5 fully saturated rings. The van der Waals surface area contributed by atoms with Gasteiger partial charge in [-0.05, 0) is 167 Å². The van der Waals surface area contributed by atoms with Gasteiger partial charge in [0.1, 0.15) is 50.8 Å². The summed E-state index contributed by atoms with van der Waals surface area (Å²) in [6.07, 6.45) is 33.7. The van der Waals surface area contributed by atoms with Crippen LogP contribution in [0.3, 0.4) is 0 Å². The number of rotatable bonds is 38. The Labute approximate surface area is 716 Å². The third-order valence-electron chi connectivity index (χ3n) is 18.8. The molecule has 0 radical (unpaired) electrons. The highest BCUT2D eigenvalue weighted by Gasteiger charge is 2.32. The van der Waals surface area contributed by atoms with Crippen molar-refractivity contribution in [3.63, 3.8) is 0 Å². The molecule has 122 heavy (non-hydrogen) atoms. The van der Waals surface area contributed by atoms with Crippen LogP contribution < -0.4 is 0 Å². The molecule has 2 aromatic rings. The zero-order chi connectivity index (χ0) is 90.8. The van der Waals surface area contributed by atoms with Crippen molar-refractivity contribution in [3.8, 4) is 0 Å². The summed E-state index contributed by atoms with van der Waals surface area (Å²) in [4.78, 5) is 154. The van der Waals surface area contributed by atoms with Gasteiger partial charge < -0.3 is 66.3 Å². The van der Waals surface area contributed by atoms with Crippen molar-refractivity contribution in [2.24, 2.45) is 35.5 Å². The highest BCUT2D eigenvalue weighted by Crippen LogP contribution is 2.33. The van der Waals surface area contributed by atoms with E-state index in [0.29, 0.717) is 82.6 Å². The Hall–Kier alpha value is -12.6. The summed E-state index contributed by atoms with van der Waals surface area (Å²) in [5, 5.41) is 0. The van der Waals surface area contributed by atoms with Crippen LogP contribution in [0.4, 0.5) is 0 Å². The van der Waals surface area contributed by atoms with E-state index in [1.165, 1.54) is 24.3 Å². The number of hydrogen-bond acceptors (Lipinski definition) is 28. The largest absolute Gasteiger partial charge is 0.462 e. The average molecular weight is 1700 g/mol. The molecule has 0 spiro atoms. The molecular weight excluding hydrogens is 1580 g/mol. The Morgan fingerprint density at radius 3 is 0.779 bits per heavy atom. The van der Waals surface area contributed by atoms with E-state index in [4.69, 9.17) is 66.3 Å². The Balaban J connectivity index is 0.000000712. The quantitative estimate of drug-likeness (QED) is 0.0342. The predicted molar refractivity (Wildman–Crippen MR) is 453 cm³/mol. The summed E-state index contributed by atoms with van der Waals surface area (Å²) >= 11 is 0. The zero-order valence-corrected chi connectivity index (χ0v) is 70.0. The van der Waals surface area contributed by atoms with Crippen molar-refractivity contribution >= 4 is 83.6 Å². The maximum absolute atomic E-state index is 11.1. The first-order chi connectivity index (χ1) is 58.6. The van der Waals surface area contributed by atoms with Gasteiger partial charge in [0, 0.05) is 91.5 Å². The molecule has 5 aliphatic rings. The van der Waals surface area contributed by atoms with E-state index >= 15 is 0 Å². The third-order valence-corrected chi connectivity index (χ3v) is 18.8. The molecule has 8 atom stereocenters. The van der Waals surface area contributed by atoms with Crippen molar-refractivity contribution in [1.29, 1.82) is 0 Å². The van der Waals surface area contributed by atoms with Crippen LogP contribution in [0.2, 0.25) is 0 Å². The first kappa shape index (κ1) is 107. The summed E-state index contributed by atoms with van der Waals surface area (Å²) in [5.74, 6) is -3.90. The molecule has 2 aromatic carbocycles. The van der Waals surface area contributed by atoms with E-state index in [-0.39, 0.29) is 86.6 Å². The molecule has 0 aromatic heterocycles. The van der Waals surface area contributed by atoms with Crippen molar-refractivity contribution in [2.75, 3.05) is 39.6 Å². The van der Waals surface area contributed by atoms with Crippen molar-refractivity contribution in [2.45, 2.75) is 179 Å². The maximum Gasteiger partial charge on any atom is 0.330 e. The van der Waals surface area contributed by atoms with E-state index in [0.717, 1.165) is 192 Å². The van der Waals surface area contributed by atoms with Crippen LogP contribution in [0.25, 0.3) is 0 Å². The molecule has 28 nitrogen and oxygen atoms in total. The number of carbonyl (C=O) groups excluding carboxylic acids is 14. The van der Waals surface area contributed by atoms with Crippen LogP contribution in [0, 0.1) is 35.5 Å². The van der Waals surface area contributed by atoms with Crippen LogP contribution in [-0.4, -0.2) is 148 Å². The lowest BCUT2D eigenvalue weighted by atomic mass is 9.80. The van der Waals surface area contributed by atoms with Crippen molar-refractivity contribution in [1.82, 2.24) is 0 Å². The Morgan fingerprint density at radius 2 is 0.484 bits per heavy atom. The minimum Gasteiger partial charge on any atom is -0.462 e. The monoisotopic (exact) mass is 1700 g/mol. The van der Waals surface area contributed by atoms with Crippen LogP contribution in [0.1, 0.15) is 151 Å². The molecule has 0 N–H and O–H groups in total. The second-order valence-electron chi connectivity index (χ2n) is 27.8. The molecule has 664 valence electrons. The van der Waals surface area contributed by atoms with Gasteiger partial charge in [-0.15, -0.1) is 0 Å². The Kier molecular flexibility index (Phi) is 58.3. The minimum absolute atomic E-state index is 0.161. The molecular formula is C94H120O28.